The zero-order chi connectivity index (χ0) is 14.9. The summed E-state index contributed by atoms with van der Waals surface area (Å²) in [4.78, 5) is 10.9. The molecule has 3 unspecified atom stereocenters. The van der Waals surface area contributed by atoms with Crippen molar-refractivity contribution >= 4 is 11.7 Å². The summed E-state index contributed by atoms with van der Waals surface area (Å²) >= 11 is 0. The zero-order valence-corrected chi connectivity index (χ0v) is 11.6. The van der Waals surface area contributed by atoms with Crippen molar-refractivity contribution in [2.75, 3.05) is 5.32 Å². The Morgan fingerprint density at radius 1 is 1.25 bits per heavy atom. The molecule has 0 radical (unpaired) electrons. The van der Waals surface area contributed by atoms with Gasteiger partial charge in [0.05, 0.1) is 11.3 Å². The summed E-state index contributed by atoms with van der Waals surface area (Å²) in [5.41, 5.74) is -0.444. The van der Waals surface area contributed by atoms with Crippen LogP contribution in [0.25, 0.3) is 0 Å². The molecule has 1 aromatic carbocycles. The molecular formula is C15H19F2NO2. The molecule has 3 atom stereocenters. The van der Waals surface area contributed by atoms with E-state index in [4.69, 9.17) is 5.11 Å². The maximum absolute atomic E-state index is 13.8. The van der Waals surface area contributed by atoms with E-state index in [0.29, 0.717) is 17.9 Å². The molecule has 1 saturated carbocycles. The number of halogens is 2. The lowest BCUT2D eigenvalue weighted by Gasteiger charge is -2.34. The molecule has 2 N–H and O–H groups in total. The Hall–Kier alpha value is -1.65. The average molecular weight is 283 g/mol. The summed E-state index contributed by atoms with van der Waals surface area (Å²) in [6.45, 7) is 4.28. The first-order chi connectivity index (χ1) is 9.38. The molecule has 3 nitrogen and oxygen atoms in total. The number of carboxylic acid groups (broad SMARTS) is 1. The van der Waals surface area contributed by atoms with Crippen molar-refractivity contribution < 1.29 is 18.7 Å². The largest absolute Gasteiger partial charge is 0.478 e. The van der Waals surface area contributed by atoms with Gasteiger partial charge in [0.1, 0.15) is 11.6 Å². The summed E-state index contributed by atoms with van der Waals surface area (Å²) < 4.78 is 27.1. The van der Waals surface area contributed by atoms with Crippen molar-refractivity contribution in [3.8, 4) is 0 Å². The number of carboxylic acids is 1. The summed E-state index contributed by atoms with van der Waals surface area (Å²) in [6.07, 6.45) is 3.00. The first-order valence-corrected chi connectivity index (χ1v) is 6.87. The Labute approximate surface area is 117 Å². The maximum atomic E-state index is 13.8. The van der Waals surface area contributed by atoms with E-state index < -0.39 is 23.2 Å². The molecule has 20 heavy (non-hydrogen) atoms. The molecule has 0 aliphatic heterocycles. The Kier molecular flexibility index (Phi) is 4.26. The van der Waals surface area contributed by atoms with E-state index in [1.54, 1.807) is 0 Å². The Morgan fingerprint density at radius 2 is 1.95 bits per heavy atom. The van der Waals surface area contributed by atoms with E-state index in [1.807, 2.05) is 0 Å². The van der Waals surface area contributed by atoms with Crippen LogP contribution in [0.4, 0.5) is 14.5 Å². The van der Waals surface area contributed by atoms with E-state index in [0.717, 1.165) is 25.3 Å². The number of rotatable bonds is 3. The van der Waals surface area contributed by atoms with Crippen molar-refractivity contribution in [1.29, 1.82) is 0 Å². The van der Waals surface area contributed by atoms with Gasteiger partial charge in [-0.1, -0.05) is 13.8 Å². The average Bonchev–Trinajstić information content (AvgIpc) is 2.35. The van der Waals surface area contributed by atoms with Crippen molar-refractivity contribution in [3.63, 3.8) is 0 Å². The molecule has 0 saturated heterocycles. The molecule has 1 aromatic rings. The van der Waals surface area contributed by atoms with Gasteiger partial charge in [-0.15, -0.1) is 0 Å². The van der Waals surface area contributed by atoms with Gasteiger partial charge >= 0.3 is 5.97 Å². The van der Waals surface area contributed by atoms with Gasteiger partial charge in [0.2, 0.25) is 0 Å². The summed E-state index contributed by atoms with van der Waals surface area (Å²) in [5.74, 6) is -2.17. The lowest BCUT2D eigenvalue weighted by molar-refractivity contribution is 0.0692. The number of carbonyl (C=O) groups is 1. The normalized spacial score (nSPS) is 26.3. The number of hydrogen-bond acceptors (Lipinski definition) is 2. The summed E-state index contributed by atoms with van der Waals surface area (Å²) in [6, 6.07) is 1.76. The third-order valence-electron chi connectivity index (χ3n) is 4.06. The van der Waals surface area contributed by atoms with Crippen LogP contribution in [0.1, 0.15) is 43.5 Å². The van der Waals surface area contributed by atoms with E-state index >= 15 is 0 Å². The second-order valence-electron chi connectivity index (χ2n) is 5.76. The quantitative estimate of drug-likeness (QED) is 0.884. The molecule has 1 aliphatic rings. The molecule has 110 valence electrons. The van der Waals surface area contributed by atoms with Gasteiger partial charge in [0.25, 0.3) is 0 Å². The minimum atomic E-state index is -1.39. The first kappa shape index (κ1) is 14.8. The third kappa shape index (κ3) is 3.08. The molecule has 0 spiro atoms. The van der Waals surface area contributed by atoms with Crippen LogP contribution < -0.4 is 5.32 Å². The van der Waals surface area contributed by atoms with Crippen molar-refractivity contribution in [3.05, 3.63) is 29.3 Å². The molecule has 0 aromatic heterocycles. The van der Waals surface area contributed by atoms with Gasteiger partial charge in [-0.25, -0.2) is 13.6 Å². The molecule has 1 aliphatic carbocycles. The van der Waals surface area contributed by atoms with Gasteiger partial charge in [0, 0.05) is 12.1 Å². The van der Waals surface area contributed by atoms with Crippen LogP contribution in [-0.2, 0) is 0 Å². The van der Waals surface area contributed by atoms with Crippen molar-refractivity contribution in [1.82, 2.24) is 0 Å². The fourth-order valence-electron chi connectivity index (χ4n) is 2.90. The molecule has 0 bridgehead atoms. The van der Waals surface area contributed by atoms with Crippen LogP contribution in [0.15, 0.2) is 12.1 Å². The van der Waals surface area contributed by atoms with Crippen LogP contribution in [-0.4, -0.2) is 17.1 Å². The Morgan fingerprint density at radius 3 is 2.55 bits per heavy atom. The van der Waals surface area contributed by atoms with Gasteiger partial charge in [-0.05, 0) is 37.2 Å². The number of hydrogen-bond donors (Lipinski definition) is 2. The van der Waals surface area contributed by atoms with Crippen LogP contribution in [0, 0.1) is 23.5 Å². The third-order valence-corrected chi connectivity index (χ3v) is 4.06. The summed E-state index contributed by atoms with van der Waals surface area (Å²) in [5, 5.41) is 11.9. The maximum Gasteiger partial charge on any atom is 0.338 e. The highest BCUT2D eigenvalue weighted by Crippen LogP contribution is 2.31. The van der Waals surface area contributed by atoms with Gasteiger partial charge in [-0.2, -0.15) is 0 Å². The monoisotopic (exact) mass is 283 g/mol. The molecule has 0 amide bonds. The lowest BCUT2D eigenvalue weighted by Crippen LogP contribution is -2.33. The van der Waals surface area contributed by atoms with Gasteiger partial charge in [-0.3, -0.25) is 0 Å². The minimum Gasteiger partial charge on any atom is -0.478 e. The fraction of sp³-hybridized carbons (Fsp3) is 0.533. The Bertz CT molecular complexity index is 519. The van der Waals surface area contributed by atoms with Gasteiger partial charge in [0.15, 0.2) is 0 Å². The minimum absolute atomic E-state index is 0.0650. The molecule has 2 rings (SSSR count). The second kappa shape index (κ2) is 5.77. The number of nitrogens with one attached hydrogen (secondary N) is 1. The highest BCUT2D eigenvalue weighted by molar-refractivity contribution is 5.89. The first-order valence-electron chi connectivity index (χ1n) is 6.87. The molecule has 0 heterocycles. The highest BCUT2D eigenvalue weighted by Gasteiger charge is 2.26. The second-order valence-corrected chi connectivity index (χ2v) is 5.76. The van der Waals surface area contributed by atoms with Crippen LogP contribution in [0.3, 0.4) is 0 Å². The van der Waals surface area contributed by atoms with E-state index in [-0.39, 0.29) is 11.7 Å². The Balaban J connectivity index is 2.21. The lowest BCUT2D eigenvalue weighted by atomic mass is 9.80. The fourth-order valence-corrected chi connectivity index (χ4v) is 2.90. The van der Waals surface area contributed by atoms with E-state index in [2.05, 4.69) is 19.2 Å². The number of benzene rings is 1. The SMILES string of the molecule is CC1CCC(Nc2cc(C(=O)O)c(F)cc2F)C(C)C1. The topological polar surface area (TPSA) is 49.3 Å². The molecular weight excluding hydrogens is 264 g/mol. The van der Waals surface area contributed by atoms with Crippen LogP contribution in [0.2, 0.25) is 0 Å². The number of anilines is 1. The van der Waals surface area contributed by atoms with Crippen molar-refractivity contribution in [2.45, 2.75) is 39.2 Å². The number of aromatic carboxylic acids is 1. The predicted molar refractivity (Wildman–Crippen MR) is 72.9 cm³/mol. The molecule has 5 heteroatoms. The summed E-state index contributed by atoms with van der Waals surface area (Å²) in [7, 11) is 0. The van der Waals surface area contributed by atoms with Crippen molar-refractivity contribution in [2.24, 2.45) is 11.8 Å². The van der Waals surface area contributed by atoms with E-state index in [9.17, 15) is 13.6 Å². The van der Waals surface area contributed by atoms with Crippen LogP contribution in [0.5, 0.6) is 0 Å². The zero-order valence-electron chi connectivity index (χ0n) is 11.6. The highest BCUT2D eigenvalue weighted by atomic mass is 19.1. The standard InChI is InChI=1S/C15H19F2NO2/c1-8-3-4-13(9(2)5-8)18-14-6-10(15(19)20)11(16)7-12(14)17/h6-9,13,18H,3-5H2,1-2H3,(H,19,20). The molecule has 1 fully saturated rings. The van der Waals surface area contributed by atoms with Crippen LogP contribution >= 0.6 is 0 Å². The smallest absolute Gasteiger partial charge is 0.338 e. The predicted octanol–water partition coefficient (Wildman–Crippen LogP) is 3.90. The van der Waals surface area contributed by atoms with Gasteiger partial charge < -0.3 is 10.4 Å². The van der Waals surface area contributed by atoms with E-state index in [1.165, 1.54) is 0 Å².